The molecule has 1 aliphatic rings. The molecule has 0 aliphatic carbocycles. The summed E-state index contributed by atoms with van der Waals surface area (Å²) >= 11 is 6.16. The molecule has 5 heteroatoms. The molecule has 0 radical (unpaired) electrons. The van der Waals surface area contributed by atoms with E-state index in [9.17, 15) is 10.1 Å². The number of aryl methyl sites for hydroxylation is 1. The molecule has 2 aromatic rings. The van der Waals surface area contributed by atoms with Gasteiger partial charge in [-0.15, -0.1) is 0 Å². The van der Waals surface area contributed by atoms with Crippen LogP contribution in [0.5, 0.6) is 0 Å². The quantitative estimate of drug-likeness (QED) is 0.409. The van der Waals surface area contributed by atoms with Crippen LogP contribution in [-0.2, 0) is 4.79 Å². The van der Waals surface area contributed by atoms with Crippen LogP contribution in [0.4, 0.5) is 11.4 Å². The summed E-state index contributed by atoms with van der Waals surface area (Å²) in [6.07, 6.45) is 3.94. The van der Waals surface area contributed by atoms with E-state index >= 15 is 0 Å². The number of nitriles is 1. The van der Waals surface area contributed by atoms with E-state index in [-0.39, 0.29) is 11.1 Å². The second kappa shape index (κ2) is 8.84. The fourth-order valence-electron chi connectivity index (χ4n) is 4.55. The molecule has 0 saturated carbocycles. The first-order valence-corrected chi connectivity index (χ1v) is 11.2. The first-order valence-electron chi connectivity index (χ1n) is 10.8. The molecule has 0 unspecified atom stereocenters. The van der Waals surface area contributed by atoms with Crippen molar-refractivity contribution < 1.29 is 4.79 Å². The number of nitrogens with one attached hydrogen (secondary N) is 1. The van der Waals surface area contributed by atoms with Crippen molar-refractivity contribution in [1.82, 2.24) is 0 Å². The Balaban J connectivity index is 2.03. The predicted octanol–water partition coefficient (Wildman–Crippen LogP) is 6.91. The number of anilines is 2. The molecule has 1 N–H and O–H groups in total. The second-order valence-electron chi connectivity index (χ2n) is 9.21. The lowest BCUT2D eigenvalue weighted by Gasteiger charge is -2.46. The Labute approximate surface area is 196 Å². The summed E-state index contributed by atoms with van der Waals surface area (Å²) in [5.41, 5.74) is 6.67. The second-order valence-corrected chi connectivity index (χ2v) is 9.61. The van der Waals surface area contributed by atoms with Gasteiger partial charge in [-0.1, -0.05) is 23.7 Å². The van der Waals surface area contributed by atoms with Crippen LogP contribution in [0.15, 0.2) is 42.0 Å². The van der Waals surface area contributed by atoms with Crippen molar-refractivity contribution in [3.8, 4) is 6.07 Å². The topological polar surface area (TPSA) is 56.1 Å². The van der Waals surface area contributed by atoms with Crippen molar-refractivity contribution >= 4 is 40.5 Å². The Morgan fingerprint density at radius 1 is 1.22 bits per heavy atom. The highest BCUT2D eigenvalue weighted by atomic mass is 35.5. The summed E-state index contributed by atoms with van der Waals surface area (Å²) in [7, 11) is 0. The molecule has 3 rings (SSSR count). The zero-order valence-electron chi connectivity index (χ0n) is 19.8. The molecule has 0 atom stereocenters. The first-order chi connectivity index (χ1) is 15.0. The fraction of sp³-hybridized carbons (Fsp3) is 0.333. The Morgan fingerprint density at radius 3 is 2.53 bits per heavy atom. The summed E-state index contributed by atoms with van der Waals surface area (Å²) < 4.78 is 0. The molecule has 0 saturated heterocycles. The van der Waals surface area contributed by atoms with E-state index in [2.05, 4.69) is 69.1 Å². The highest BCUT2D eigenvalue weighted by Gasteiger charge is 2.33. The van der Waals surface area contributed by atoms with Crippen molar-refractivity contribution in [2.24, 2.45) is 0 Å². The number of allylic oxidation sites excluding steroid dienone is 1. The lowest BCUT2D eigenvalue weighted by Crippen LogP contribution is -2.49. The number of halogens is 1. The van der Waals surface area contributed by atoms with Crippen LogP contribution in [0, 0.1) is 25.2 Å². The maximum atomic E-state index is 12.8. The van der Waals surface area contributed by atoms with Crippen molar-refractivity contribution in [3.05, 3.63) is 69.3 Å². The van der Waals surface area contributed by atoms with Crippen LogP contribution in [-0.4, -0.2) is 17.5 Å². The van der Waals surface area contributed by atoms with Crippen LogP contribution in [0.2, 0.25) is 5.02 Å². The maximum absolute atomic E-state index is 12.8. The molecule has 4 nitrogen and oxygen atoms in total. The Bertz CT molecular complexity index is 1180. The van der Waals surface area contributed by atoms with Crippen molar-refractivity contribution in [1.29, 1.82) is 5.26 Å². The molecule has 32 heavy (non-hydrogen) atoms. The number of hydrogen-bond acceptors (Lipinski definition) is 3. The van der Waals surface area contributed by atoms with Gasteiger partial charge in [0.15, 0.2) is 0 Å². The lowest BCUT2D eigenvalue weighted by atomic mass is 9.85. The number of rotatable bonds is 4. The van der Waals surface area contributed by atoms with Crippen molar-refractivity contribution in [2.45, 2.75) is 60.0 Å². The number of carbonyl (C=O) groups is 1. The van der Waals surface area contributed by atoms with Crippen LogP contribution in [0.3, 0.4) is 0 Å². The normalized spacial score (nSPS) is 15.2. The monoisotopic (exact) mass is 447 g/mol. The number of benzene rings is 2. The average Bonchev–Trinajstić information content (AvgIpc) is 2.69. The molecule has 1 heterocycles. The van der Waals surface area contributed by atoms with Gasteiger partial charge in [0.25, 0.3) is 5.91 Å². The van der Waals surface area contributed by atoms with Crippen LogP contribution < -0.4 is 10.2 Å². The summed E-state index contributed by atoms with van der Waals surface area (Å²) in [5.74, 6) is -0.452. The van der Waals surface area contributed by atoms with Crippen molar-refractivity contribution in [2.75, 3.05) is 10.2 Å². The number of fused-ring (bicyclic) bond motifs is 1. The summed E-state index contributed by atoms with van der Waals surface area (Å²) in [6.45, 7) is 14.8. The third-order valence-electron chi connectivity index (χ3n) is 5.96. The highest BCUT2D eigenvalue weighted by Crippen LogP contribution is 2.41. The minimum Gasteiger partial charge on any atom is -0.360 e. The standard InChI is InChI=1S/C27H30ClN3O/c1-16(2)31-25-11-17(3)20(13-22(25)18(4)14-27(31,6)7)12-21(15-29)26(32)30-24-10-8-9-23(28)19(24)5/h8-14,16H,1-7H3,(H,30,32)/b21-12-. The summed E-state index contributed by atoms with van der Waals surface area (Å²) in [4.78, 5) is 15.3. The van der Waals surface area contributed by atoms with Crippen molar-refractivity contribution in [3.63, 3.8) is 0 Å². The van der Waals surface area contributed by atoms with Gasteiger partial charge in [0.2, 0.25) is 0 Å². The van der Waals surface area contributed by atoms with Gasteiger partial charge in [-0.25, -0.2) is 0 Å². The lowest BCUT2D eigenvalue weighted by molar-refractivity contribution is -0.112. The maximum Gasteiger partial charge on any atom is 0.266 e. The van der Waals surface area contributed by atoms with E-state index in [1.807, 2.05) is 13.8 Å². The summed E-state index contributed by atoms with van der Waals surface area (Å²) in [6, 6.07) is 11.9. The number of carbonyl (C=O) groups excluding carboxylic acids is 1. The molecule has 1 aliphatic heterocycles. The largest absolute Gasteiger partial charge is 0.360 e. The Hall–Kier alpha value is -3.03. The summed E-state index contributed by atoms with van der Waals surface area (Å²) in [5, 5.41) is 13.1. The van der Waals surface area contributed by atoms with Crippen LogP contribution in [0.1, 0.15) is 56.9 Å². The molecule has 2 aromatic carbocycles. The third-order valence-corrected chi connectivity index (χ3v) is 6.37. The van der Waals surface area contributed by atoms with E-state index in [1.54, 1.807) is 24.3 Å². The van der Waals surface area contributed by atoms with Gasteiger partial charge in [-0.2, -0.15) is 5.26 Å². The van der Waals surface area contributed by atoms with Gasteiger partial charge < -0.3 is 10.2 Å². The van der Waals surface area contributed by atoms with Gasteiger partial charge in [0.1, 0.15) is 11.6 Å². The molecule has 0 fully saturated rings. The van der Waals surface area contributed by atoms with Gasteiger partial charge in [-0.05, 0) is 101 Å². The minimum absolute atomic E-state index is 0.0471. The third kappa shape index (κ3) is 4.45. The van der Waals surface area contributed by atoms with Gasteiger partial charge >= 0.3 is 0 Å². The number of amides is 1. The molecule has 1 amide bonds. The Morgan fingerprint density at radius 2 is 1.91 bits per heavy atom. The molecular formula is C27H30ClN3O. The molecule has 166 valence electrons. The van der Waals surface area contributed by atoms with Gasteiger partial charge in [0.05, 0.1) is 5.54 Å². The molecule has 0 aromatic heterocycles. The zero-order valence-corrected chi connectivity index (χ0v) is 20.6. The van der Waals surface area contributed by atoms with Crippen LogP contribution >= 0.6 is 11.6 Å². The van der Waals surface area contributed by atoms with Crippen LogP contribution in [0.25, 0.3) is 11.6 Å². The SMILES string of the molecule is CC1=CC(C)(C)N(C(C)C)c2cc(C)c(/C=C(/C#N)C(=O)Nc3cccc(Cl)c3C)cc21. The highest BCUT2D eigenvalue weighted by molar-refractivity contribution is 6.31. The van der Waals surface area contributed by atoms with E-state index in [4.69, 9.17) is 11.6 Å². The van der Waals surface area contributed by atoms with E-state index in [0.717, 1.165) is 22.3 Å². The zero-order chi connectivity index (χ0) is 23.8. The number of hydrogen-bond donors (Lipinski definition) is 1. The molecule has 0 bridgehead atoms. The Kier molecular flexibility index (Phi) is 6.53. The smallest absolute Gasteiger partial charge is 0.266 e. The van der Waals surface area contributed by atoms with Gasteiger partial charge in [0, 0.05) is 28.0 Å². The van der Waals surface area contributed by atoms with E-state index in [1.165, 1.54) is 11.3 Å². The minimum atomic E-state index is -0.452. The number of nitrogens with zero attached hydrogens (tertiary/aromatic N) is 2. The predicted molar refractivity (Wildman–Crippen MR) is 135 cm³/mol. The van der Waals surface area contributed by atoms with Gasteiger partial charge in [-0.3, -0.25) is 4.79 Å². The first kappa shape index (κ1) is 23.6. The average molecular weight is 448 g/mol. The van der Waals surface area contributed by atoms with E-state index < -0.39 is 5.91 Å². The molecule has 0 spiro atoms. The molecular weight excluding hydrogens is 418 g/mol. The van der Waals surface area contributed by atoms with E-state index in [0.29, 0.717) is 16.8 Å². The fourth-order valence-corrected chi connectivity index (χ4v) is 4.72.